The van der Waals surface area contributed by atoms with E-state index in [2.05, 4.69) is 5.14 Å². The topological polar surface area (TPSA) is 83.2 Å². The van der Waals surface area contributed by atoms with Gasteiger partial charge in [-0.3, -0.25) is 0 Å². The molecule has 2 N–H and O–H groups in total. The van der Waals surface area contributed by atoms with Crippen molar-refractivity contribution in [3.05, 3.63) is 0 Å². The van der Waals surface area contributed by atoms with Crippen molar-refractivity contribution in [1.29, 1.82) is 0 Å². The van der Waals surface area contributed by atoms with Crippen molar-refractivity contribution in [3.8, 4) is 0 Å². The zero-order chi connectivity index (χ0) is 4.50. The van der Waals surface area contributed by atoms with Gasteiger partial charge in [0.25, 0.3) is 0 Å². The fourth-order valence-electron chi connectivity index (χ4n) is 0. The van der Waals surface area contributed by atoms with E-state index in [4.69, 9.17) is 13.0 Å². The first-order valence-corrected chi connectivity index (χ1v) is 2.21. The summed E-state index contributed by atoms with van der Waals surface area (Å²) in [6, 6.07) is 0. The second kappa shape index (κ2) is 2.88. The molecule has 32 valence electrons. The van der Waals surface area contributed by atoms with Gasteiger partial charge in [-0.15, -0.1) is 0 Å². The molecule has 0 aliphatic rings. The van der Waals surface area contributed by atoms with Crippen LogP contribution in [-0.2, 0) is 37.6 Å². The summed E-state index contributed by atoms with van der Waals surface area (Å²) in [4.78, 5) is 0. The molecule has 0 radical (unpaired) electrons. The van der Waals surface area contributed by atoms with Crippen LogP contribution in [0.15, 0.2) is 0 Å². The molecule has 6 heteroatoms. The van der Waals surface area contributed by atoms with E-state index in [0.717, 1.165) is 0 Å². The Kier molecular flexibility index (Phi) is 4.77. The Bertz CT molecular complexity index is 94.0. The van der Waals surface area contributed by atoms with Crippen LogP contribution in [0.2, 0.25) is 0 Å². The summed E-state index contributed by atoms with van der Waals surface area (Å²) >= 11 is 0. The monoisotopic (exact) mass is 210 g/mol. The number of rotatable bonds is 0. The second-order valence-corrected chi connectivity index (χ2v) is 1.48. The minimum Gasteiger partial charge on any atom is -0.736 e. The standard InChI is InChI=1S/Cd.H3NO3S/c;1-5(2,3)4/h;(H3,1,2,3,4)/q+2;/p-1. The Morgan fingerprint density at radius 3 is 1.50 bits per heavy atom. The zero-order valence-corrected chi connectivity index (χ0v) is 7.77. The Morgan fingerprint density at radius 2 is 1.50 bits per heavy atom. The molecule has 0 aliphatic heterocycles. The Morgan fingerprint density at radius 1 is 1.50 bits per heavy atom. The normalized spacial score (nSPS) is 9.67. The van der Waals surface area contributed by atoms with E-state index < -0.39 is 10.3 Å². The molecule has 0 aromatic carbocycles. The summed E-state index contributed by atoms with van der Waals surface area (Å²) in [6.45, 7) is 0. The van der Waals surface area contributed by atoms with Crippen LogP contribution in [0.5, 0.6) is 0 Å². The maximum absolute atomic E-state index is 8.85. The zero-order valence-electron chi connectivity index (χ0n) is 2.92. The van der Waals surface area contributed by atoms with Gasteiger partial charge in [0.05, 0.1) is 0 Å². The summed E-state index contributed by atoms with van der Waals surface area (Å²) in [5.74, 6) is 0. The quantitative estimate of drug-likeness (QED) is 0.385. The van der Waals surface area contributed by atoms with E-state index in [1.54, 1.807) is 0 Å². The molecular weight excluding hydrogens is 206 g/mol. The number of nitrogens with two attached hydrogens (primary N) is 1. The maximum atomic E-state index is 8.85. The fourth-order valence-corrected chi connectivity index (χ4v) is 0. The molecule has 0 saturated heterocycles. The third kappa shape index (κ3) is 110. The predicted octanol–water partition coefficient (Wildman–Crippen LogP) is -1.60. The minimum absolute atomic E-state index is 0. The Labute approximate surface area is 55.8 Å². The average Bonchev–Trinajstić information content (AvgIpc) is 0.722. The SMILES string of the molecule is NS(=O)(=O)[O-].[Cd+2]. The van der Waals surface area contributed by atoms with E-state index in [9.17, 15) is 0 Å². The molecule has 0 amide bonds. The van der Waals surface area contributed by atoms with Crippen LogP contribution in [0, 0.1) is 0 Å². The van der Waals surface area contributed by atoms with Gasteiger partial charge < -0.3 is 4.55 Å². The van der Waals surface area contributed by atoms with E-state index in [1.165, 1.54) is 0 Å². The summed E-state index contributed by atoms with van der Waals surface area (Å²) in [6.07, 6.45) is 0. The van der Waals surface area contributed by atoms with Crippen LogP contribution in [0.1, 0.15) is 0 Å². The smallest absolute Gasteiger partial charge is 0.736 e. The van der Waals surface area contributed by atoms with E-state index >= 15 is 0 Å². The van der Waals surface area contributed by atoms with E-state index in [0.29, 0.717) is 0 Å². The Hall–Kier alpha value is 0.792. The molecule has 0 saturated carbocycles. The number of hydrogen-bond donors (Lipinski definition) is 1. The van der Waals surface area contributed by atoms with Crippen molar-refractivity contribution >= 4 is 10.3 Å². The molecule has 4 nitrogen and oxygen atoms in total. The van der Waals surface area contributed by atoms with Crippen LogP contribution in [0.3, 0.4) is 0 Å². The van der Waals surface area contributed by atoms with Gasteiger partial charge in [-0.2, -0.15) is 0 Å². The summed E-state index contributed by atoms with van der Waals surface area (Å²) < 4.78 is 26.6. The van der Waals surface area contributed by atoms with E-state index in [-0.39, 0.29) is 27.3 Å². The molecular formula is H2CdNO3S+. The molecule has 0 rings (SSSR count). The van der Waals surface area contributed by atoms with Gasteiger partial charge in [-0.25, -0.2) is 13.6 Å². The molecule has 0 fully saturated rings. The predicted molar refractivity (Wildman–Crippen MR) is 13.9 cm³/mol. The summed E-state index contributed by atoms with van der Waals surface area (Å²) in [7, 11) is -4.42. The van der Waals surface area contributed by atoms with Crippen molar-refractivity contribution < 1.29 is 40.3 Å². The van der Waals surface area contributed by atoms with Crippen LogP contribution < -0.4 is 5.14 Å². The summed E-state index contributed by atoms with van der Waals surface area (Å²) in [5, 5.41) is 3.77. The largest absolute Gasteiger partial charge is 2.00 e. The fraction of sp³-hybridized carbons (Fsp3) is 0. The van der Waals surface area contributed by atoms with Crippen molar-refractivity contribution in [2.45, 2.75) is 0 Å². The molecule has 0 aliphatic carbocycles. The molecule has 0 unspecified atom stereocenters. The van der Waals surface area contributed by atoms with E-state index in [1.807, 2.05) is 0 Å². The average molecular weight is 208 g/mol. The second-order valence-electron chi connectivity index (χ2n) is 0.493. The third-order valence-corrected chi connectivity index (χ3v) is 0. The molecule has 0 spiro atoms. The number of hydrogen-bond acceptors (Lipinski definition) is 3. The van der Waals surface area contributed by atoms with Crippen LogP contribution >= 0.6 is 0 Å². The first kappa shape index (κ1) is 9.92. The van der Waals surface area contributed by atoms with Crippen molar-refractivity contribution in [2.24, 2.45) is 5.14 Å². The van der Waals surface area contributed by atoms with Gasteiger partial charge in [0.15, 0.2) is 10.3 Å². The van der Waals surface area contributed by atoms with Gasteiger partial charge in [-0.1, -0.05) is 0 Å². The molecule has 0 heterocycles. The molecule has 0 atom stereocenters. The van der Waals surface area contributed by atoms with Gasteiger partial charge in [0.2, 0.25) is 0 Å². The van der Waals surface area contributed by atoms with Gasteiger partial charge in [0.1, 0.15) is 0 Å². The molecule has 0 aromatic heterocycles. The van der Waals surface area contributed by atoms with Crippen LogP contribution in [0.25, 0.3) is 0 Å². The van der Waals surface area contributed by atoms with Gasteiger partial charge >= 0.3 is 27.3 Å². The van der Waals surface area contributed by atoms with Crippen molar-refractivity contribution in [2.75, 3.05) is 0 Å². The maximum Gasteiger partial charge on any atom is 2.00 e. The van der Waals surface area contributed by atoms with Crippen LogP contribution in [0.4, 0.5) is 0 Å². The first-order valence-electron chi connectivity index (χ1n) is 0.736. The molecule has 0 bridgehead atoms. The Balaban J connectivity index is 0. The third-order valence-electron chi connectivity index (χ3n) is 0. The van der Waals surface area contributed by atoms with Gasteiger partial charge in [-0.05, 0) is 0 Å². The molecule has 0 aromatic rings. The first-order chi connectivity index (χ1) is 2.00. The minimum atomic E-state index is -4.42. The van der Waals surface area contributed by atoms with Gasteiger partial charge in [0, 0.05) is 0 Å². The van der Waals surface area contributed by atoms with Crippen molar-refractivity contribution in [1.82, 2.24) is 0 Å². The molecule has 6 heavy (non-hydrogen) atoms. The van der Waals surface area contributed by atoms with Crippen molar-refractivity contribution in [3.63, 3.8) is 0 Å². The summed E-state index contributed by atoms with van der Waals surface area (Å²) in [5.41, 5.74) is 0. The van der Waals surface area contributed by atoms with Crippen LogP contribution in [-0.4, -0.2) is 13.0 Å².